The van der Waals surface area contributed by atoms with Crippen molar-refractivity contribution in [2.24, 2.45) is 0 Å². The minimum absolute atomic E-state index is 0.0493. The summed E-state index contributed by atoms with van der Waals surface area (Å²) in [6, 6.07) is 9.53. The second kappa shape index (κ2) is 6.54. The molecule has 0 saturated heterocycles. The minimum Gasteiger partial charge on any atom is -0.494 e. The zero-order valence-corrected chi connectivity index (χ0v) is 12.9. The standard InChI is InChI=1S/C16H21N3O2/c1-11(2)17-10-13-15(20)9-12(3)19(18-13)14-7-5-6-8-16(14)21-4/h5-9,11,17H,10H2,1-4H3. The maximum atomic E-state index is 12.0. The predicted molar refractivity (Wildman–Crippen MR) is 83.1 cm³/mol. The van der Waals surface area contributed by atoms with E-state index in [1.807, 2.05) is 45.0 Å². The van der Waals surface area contributed by atoms with E-state index in [9.17, 15) is 4.79 Å². The lowest BCUT2D eigenvalue weighted by Gasteiger charge is -2.15. The van der Waals surface area contributed by atoms with Crippen LogP contribution in [0.5, 0.6) is 5.75 Å². The molecule has 0 aliphatic heterocycles. The van der Waals surface area contributed by atoms with Gasteiger partial charge in [0, 0.05) is 24.3 Å². The van der Waals surface area contributed by atoms with Gasteiger partial charge in [0.1, 0.15) is 17.1 Å². The molecule has 5 heteroatoms. The van der Waals surface area contributed by atoms with Gasteiger partial charge in [0.25, 0.3) is 0 Å². The topological polar surface area (TPSA) is 56.1 Å². The Hall–Kier alpha value is -2.14. The summed E-state index contributed by atoms with van der Waals surface area (Å²) in [5.41, 5.74) is 2.05. The monoisotopic (exact) mass is 287 g/mol. The largest absolute Gasteiger partial charge is 0.494 e. The van der Waals surface area contributed by atoms with E-state index < -0.39 is 0 Å². The molecule has 21 heavy (non-hydrogen) atoms. The van der Waals surface area contributed by atoms with E-state index in [2.05, 4.69) is 10.4 Å². The van der Waals surface area contributed by atoms with Crippen LogP contribution in [-0.4, -0.2) is 22.9 Å². The van der Waals surface area contributed by atoms with E-state index in [4.69, 9.17) is 4.74 Å². The molecule has 2 rings (SSSR count). The van der Waals surface area contributed by atoms with Crippen molar-refractivity contribution in [3.63, 3.8) is 0 Å². The molecule has 0 aliphatic carbocycles. The third-order valence-corrected chi connectivity index (χ3v) is 3.17. The number of benzene rings is 1. The van der Waals surface area contributed by atoms with Crippen molar-refractivity contribution in [1.82, 2.24) is 15.1 Å². The van der Waals surface area contributed by atoms with Gasteiger partial charge >= 0.3 is 0 Å². The van der Waals surface area contributed by atoms with E-state index in [0.717, 1.165) is 17.1 Å². The van der Waals surface area contributed by atoms with Crippen LogP contribution in [0, 0.1) is 6.92 Å². The number of rotatable bonds is 5. The number of ether oxygens (including phenoxy) is 1. The predicted octanol–water partition coefficient (Wildman–Crippen LogP) is 2.05. The van der Waals surface area contributed by atoms with Gasteiger partial charge in [-0.3, -0.25) is 4.79 Å². The van der Waals surface area contributed by atoms with Crippen molar-refractivity contribution >= 4 is 0 Å². The highest BCUT2D eigenvalue weighted by Gasteiger charge is 2.11. The summed E-state index contributed by atoms with van der Waals surface area (Å²) in [5, 5.41) is 7.71. The highest BCUT2D eigenvalue weighted by atomic mass is 16.5. The van der Waals surface area contributed by atoms with Crippen LogP contribution in [0.1, 0.15) is 25.2 Å². The Morgan fingerprint density at radius 2 is 2.05 bits per heavy atom. The highest BCUT2D eigenvalue weighted by molar-refractivity contribution is 5.46. The van der Waals surface area contributed by atoms with Crippen LogP contribution in [0.4, 0.5) is 0 Å². The van der Waals surface area contributed by atoms with Crippen LogP contribution < -0.4 is 15.5 Å². The summed E-state index contributed by atoms with van der Waals surface area (Å²) >= 11 is 0. The van der Waals surface area contributed by atoms with Crippen molar-refractivity contribution in [2.45, 2.75) is 33.4 Å². The lowest BCUT2D eigenvalue weighted by molar-refractivity contribution is 0.411. The van der Waals surface area contributed by atoms with E-state index in [1.54, 1.807) is 17.9 Å². The zero-order chi connectivity index (χ0) is 15.4. The van der Waals surface area contributed by atoms with Gasteiger partial charge in [0.15, 0.2) is 0 Å². The fourth-order valence-electron chi connectivity index (χ4n) is 2.05. The summed E-state index contributed by atoms with van der Waals surface area (Å²) in [7, 11) is 1.62. The van der Waals surface area contributed by atoms with Crippen molar-refractivity contribution in [1.29, 1.82) is 0 Å². The molecule has 0 unspecified atom stereocenters. The molecule has 1 aromatic heterocycles. The zero-order valence-electron chi connectivity index (χ0n) is 12.9. The van der Waals surface area contributed by atoms with E-state index >= 15 is 0 Å². The Morgan fingerprint density at radius 3 is 2.71 bits per heavy atom. The molecule has 0 radical (unpaired) electrons. The van der Waals surface area contributed by atoms with Crippen molar-refractivity contribution in [3.8, 4) is 11.4 Å². The molecule has 0 atom stereocenters. The van der Waals surface area contributed by atoms with Gasteiger partial charge < -0.3 is 10.1 Å². The summed E-state index contributed by atoms with van der Waals surface area (Å²) < 4.78 is 7.12. The van der Waals surface area contributed by atoms with Gasteiger partial charge in [0.2, 0.25) is 5.43 Å². The SMILES string of the molecule is COc1ccccc1-n1nc(CNC(C)C)c(=O)cc1C. The molecule has 0 spiro atoms. The third kappa shape index (κ3) is 3.49. The first-order chi connectivity index (χ1) is 10.0. The van der Waals surface area contributed by atoms with E-state index in [1.165, 1.54) is 0 Å². The first-order valence-corrected chi connectivity index (χ1v) is 6.99. The number of nitrogens with zero attached hydrogens (tertiary/aromatic N) is 2. The number of hydrogen-bond acceptors (Lipinski definition) is 4. The quantitative estimate of drug-likeness (QED) is 0.914. The number of aromatic nitrogens is 2. The molecule has 1 aromatic carbocycles. The van der Waals surface area contributed by atoms with Gasteiger partial charge in [-0.2, -0.15) is 5.10 Å². The van der Waals surface area contributed by atoms with Crippen molar-refractivity contribution in [2.75, 3.05) is 7.11 Å². The highest BCUT2D eigenvalue weighted by Crippen LogP contribution is 2.21. The Kier molecular flexibility index (Phi) is 4.75. The van der Waals surface area contributed by atoms with Crippen molar-refractivity contribution < 1.29 is 4.74 Å². The van der Waals surface area contributed by atoms with Crippen LogP contribution in [0.15, 0.2) is 35.1 Å². The summed E-state index contributed by atoms with van der Waals surface area (Å²) in [6.07, 6.45) is 0. The van der Waals surface area contributed by atoms with Crippen molar-refractivity contribution in [3.05, 3.63) is 51.9 Å². The first kappa shape index (κ1) is 15.3. The molecular formula is C16H21N3O2. The Balaban J connectivity index is 2.48. The summed E-state index contributed by atoms with van der Waals surface area (Å²) in [6.45, 7) is 6.38. The van der Waals surface area contributed by atoms with Crippen LogP contribution in [0.25, 0.3) is 5.69 Å². The fourth-order valence-corrected chi connectivity index (χ4v) is 2.05. The van der Waals surface area contributed by atoms with E-state index in [-0.39, 0.29) is 5.43 Å². The third-order valence-electron chi connectivity index (χ3n) is 3.17. The number of aryl methyl sites for hydroxylation is 1. The van der Waals surface area contributed by atoms with Crippen LogP contribution in [0.3, 0.4) is 0 Å². The molecule has 0 saturated carbocycles. The molecule has 1 heterocycles. The smallest absolute Gasteiger partial charge is 0.204 e. The normalized spacial score (nSPS) is 10.9. The Labute approximate surface area is 124 Å². The minimum atomic E-state index is -0.0493. The molecule has 1 N–H and O–H groups in total. The second-order valence-corrected chi connectivity index (χ2v) is 5.22. The van der Waals surface area contributed by atoms with Gasteiger partial charge in [-0.25, -0.2) is 4.68 Å². The molecule has 5 nitrogen and oxygen atoms in total. The molecule has 0 aliphatic rings. The first-order valence-electron chi connectivity index (χ1n) is 6.99. The van der Waals surface area contributed by atoms with Gasteiger partial charge in [-0.1, -0.05) is 26.0 Å². The molecule has 0 bridgehead atoms. The average molecular weight is 287 g/mol. The van der Waals surface area contributed by atoms with Crippen LogP contribution in [0.2, 0.25) is 0 Å². The van der Waals surface area contributed by atoms with Crippen LogP contribution >= 0.6 is 0 Å². The average Bonchev–Trinajstić information content (AvgIpc) is 2.46. The van der Waals surface area contributed by atoms with Gasteiger partial charge in [-0.15, -0.1) is 0 Å². The maximum absolute atomic E-state index is 12.0. The number of para-hydroxylation sites is 2. The van der Waals surface area contributed by atoms with Crippen LogP contribution in [-0.2, 0) is 6.54 Å². The molecule has 0 fully saturated rings. The van der Waals surface area contributed by atoms with E-state index in [0.29, 0.717) is 18.3 Å². The number of hydrogen-bond donors (Lipinski definition) is 1. The Bertz CT molecular complexity index is 677. The number of methoxy groups -OCH3 is 1. The maximum Gasteiger partial charge on any atom is 0.204 e. The van der Waals surface area contributed by atoms with Gasteiger partial charge in [-0.05, 0) is 19.1 Å². The lowest BCUT2D eigenvalue weighted by atomic mass is 10.2. The summed E-state index contributed by atoms with van der Waals surface area (Å²) in [5.74, 6) is 0.722. The molecule has 112 valence electrons. The molecule has 2 aromatic rings. The summed E-state index contributed by atoms with van der Waals surface area (Å²) in [4.78, 5) is 12.0. The number of nitrogens with one attached hydrogen (secondary N) is 1. The molecular weight excluding hydrogens is 266 g/mol. The second-order valence-electron chi connectivity index (χ2n) is 5.22. The Morgan fingerprint density at radius 1 is 1.33 bits per heavy atom. The fraction of sp³-hybridized carbons (Fsp3) is 0.375. The van der Waals surface area contributed by atoms with Gasteiger partial charge in [0.05, 0.1) is 7.11 Å². The molecule has 0 amide bonds. The lowest BCUT2D eigenvalue weighted by Crippen LogP contribution is -2.28.